The predicted octanol–water partition coefficient (Wildman–Crippen LogP) is 7.08. The smallest absolute Gasteiger partial charge is 0.192 e. The maximum Gasteiger partial charge on any atom is 0.192 e. The molecule has 176 valence electrons. The maximum atomic E-state index is 6.89. The van der Waals surface area contributed by atoms with E-state index >= 15 is 0 Å². The number of hydrogen-bond acceptors (Lipinski definition) is 3. The van der Waals surface area contributed by atoms with Crippen molar-refractivity contribution in [3.63, 3.8) is 0 Å². The maximum absolute atomic E-state index is 6.89. The van der Waals surface area contributed by atoms with Crippen molar-refractivity contribution in [2.24, 2.45) is 28.6 Å². The molecule has 5 aliphatic rings. The van der Waals surface area contributed by atoms with Crippen LogP contribution in [0.2, 0.25) is 18.1 Å². The minimum Gasteiger partial charge on any atom is -0.414 e. The molecule has 0 aromatic rings. The molecule has 1 aliphatic heterocycles. The van der Waals surface area contributed by atoms with Crippen LogP contribution < -0.4 is 0 Å². The Labute approximate surface area is 191 Å². The molecule has 4 heteroatoms. The van der Waals surface area contributed by atoms with Crippen LogP contribution in [-0.2, 0) is 13.9 Å². The molecular formula is C27H46O3Si. The standard InChI is InChI=1S/C27H46O3Si/c1-24(2,3)31(6,7)30-20-10-13-25(4)19(18-20)8-9-21-22(25)11-14-26(5)23(21)12-15-27(26)28-16-17-29-27/h8,20-23H,9-18H2,1-7H3/t20-,21+,22-,23-,25-,26-/m0/s1. The lowest BCUT2D eigenvalue weighted by atomic mass is 9.47. The molecule has 0 amide bonds. The fraction of sp³-hybridized carbons (Fsp3) is 0.926. The lowest BCUT2D eigenvalue weighted by Crippen LogP contribution is -2.55. The highest BCUT2D eigenvalue weighted by atomic mass is 28.4. The van der Waals surface area contributed by atoms with Crippen LogP contribution in [0.4, 0.5) is 0 Å². The van der Waals surface area contributed by atoms with E-state index < -0.39 is 8.32 Å². The highest BCUT2D eigenvalue weighted by molar-refractivity contribution is 6.74. The van der Waals surface area contributed by atoms with Gasteiger partial charge in [-0.3, -0.25) is 0 Å². The number of ether oxygens (including phenoxy) is 2. The van der Waals surface area contributed by atoms with Crippen LogP contribution in [0.25, 0.3) is 0 Å². The number of rotatable bonds is 2. The van der Waals surface area contributed by atoms with E-state index in [0.29, 0.717) is 11.5 Å². The normalized spacial score (nSPS) is 44.5. The third-order valence-electron chi connectivity index (χ3n) is 11.1. The third-order valence-corrected chi connectivity index (χ3v) is 15.7. The van der Waals surface area contributed by atoms with Gasteiger partial charge >= 0.3 is 0 Å². The molecule has 4 fully saturated rings. The van der Waals surface area contributed by atoms with Gasteiger partial charge in [-0.05, 0) is 86.2 Å². The highest BCUT2D eigenvalue weighted by Crippen LogP contribution is 2.68. The van der Waals surface area contributed by atoms with Crippen molar-refractivity contribution in [3.05, 3.63) is 11.6 Å². The van der Waals surface area contributed by atoms with Crippen molar-refractivity contribution < 1.29 is 13.9 Å². The Morgan fingerprint density at radius 2 is 1.65 bits per heavy atom. The molecule has 0 radical (unpaired) electrons. The van der Waals surface area contributed by atoms with E-state index in [1.54, 1.807) is 5.57 Å². The molecule has 3 saturated carbocycles. The van der Waals surface area contributed by atoms with Crippen molar-refractivity contribution in [1.29, 1.82) is 0 Å². The number of hydrogen-bond donors (Lipinski definition) is 0. The molecule has 1 heterocycles. The first kappa shape index (κ1) is 22.6. The summed E-state index contributed by atoms with van der Waals surface area (Å²) in [7, 11) is -1.71. The third kappa shape index (κ3) is 3.21. The van der Waals surface area contributed by atoms with Crippen LogP contribution in [0.3, 0.4) is 0 Å². The van der Waals surface area contributed by atoms with Gasteiger partial charge in [-0.2, -0.15) is 0 Å². The number of allylic oxidation sites excluding steroid dienone is 1. The van der Waals surface area contributed by atoms with E-state index in [-0.39, 0.29) is 16.2 Å². The summed E-state index contributed by atoms with van der Waals surface area (Å²) in [6.07, 6.45) is 13.1. The molecule has 0 N–H and O–H groups in total. The largest absolute Gasteiger partial charge is 0.414 e. The van der Waals surface area contributed by atoms with Gasteiger partial charge in [0.05, 0.1) is 13.2 Å². The first-order valence-electron chi connectivity index (χ1n) is 13.1. The lowest BCUT2D eigenvalue weighted by molar-refractivity contribution is -0.242. The minimum atomic E-state index is -1.71. The van der Waals surface area contributed by atoms with E-state index in [2.05, 4.69) is 53.8 Å². The van der Waals surface area contributed by atoms with Gasteiger partial charge in [0.2, 0.25) is 0 Å². The molecule has 0 aromatic heterocycles. The van der Waals surface area contributed by atoms with Gasteiger partial charge in [-0.1, -0.05) is 46.3 Å². The zero-order chi connectivity index (χ0) is 22.3. The van der Waals surface area contributed by atoms with Crippen LogP contribution in [0.5, 0.6) is 0 Å². The second kappa shape index (κ2) is 7.17. The van der Waals surface area contributed by atoms with Gasteiger partial charge in [0.1, 0.15) is 0 Å². The van der Waals surface area contributed by atoms with Gasteiger partial charge in [-0.25, -0.2) is 0 Å². The molecule has 31 heavy (non-hydrogen) atoms. The molecule has 0 bridgehead atoms. The monoisotopic (exact) mass is 446 g/mol. The minimum absolute atomic E-state index is 0.203. The second-order valence-electron chi connectivity index (χ2n) is 13.4. The Bertz CT molecular complexity index is 746. The topological polar surface area (TPSA) is 27.7 Å². The molecule has 3 nitrogen and oxygen atoms in total. The molecule has 5 rings (SSSR count). The molecule has 1 saturated heterocycles. The molecular weight excluding hydrogens is 400 g/mol. The van der Waals surface area contributed by atoms with Gasteiger partial charge in [0, 0.05) is 17.9 Å². The van der Waals surface area contributed by atoms with Crippen molar-refractivity contribution >= 4 is 8.32 Å². The fourth-order valence-electron chi connectivity index (χ4n) is 8.21. The van der Waals surface area contributed by atoms with Crippen LogP contribution in [0.15, 0.2) is 11.6 Å². The second-order valence-corrected chi connectivity index (χ2v) is 18.2. The fourth-order valence-corrected chi connectivity index (χ4v) is 9.60. The molecule has 4 aliphatic carbocycles. The summed E-state index contributed by atoms with van der Waals surface area (Å²) in [5.74, 6) is 2.11. The summed E-state index contributed by atoms with van der Waals surface area (Å²) in [4.78, 5) is 0. The zero-order valence-corrected chi connectivity index (χ0v) is 22.2. The summed E-state index contributed by atoms with van der Waals surface area (Å²) >= 11 is 0. The van der Waals surface area contributed by atoms with Crippen LogP contribution >= 0.6 is 0 Å². The lowest BCUT2D eigenvalue weighted by Gasteiger charge is -2.59. The summed E-state index contributed by atoms with van der Waals surface area (Å²) in [6.45, 7) is 18.6. The average Bonchev–Trinajstić information content (AvgIpc) is 3.27. The summed E-state index contributed by atoms with van der Waals surface area (Å²) in [5.41, 5.74) is 2.31. The average molecular weight is 447 g/mol. The first-order chi connectivity index (χ1) is 14.4. The Morgan fingerprint density at radius 3 is 2.32 bits per heavy atom. The van der Waals surface area contributed by atoms with E-state index in [1.807, 2.05) is 0 Å². The Morgan fingerprint density at radius 1 is 0.968 bits per heavy atom. The van der Waals surface area contributed by atoms with Crippen molar-refractivity contribution in [3.8, 4) is 0 Å². The molecule has 0 aromatic carbocycles. The summed E-state index contributed by atoms with van der Waals surface area (Å²) in [6, 6.07) is 0. The van der Waals surface area contributed by atoms with E-state index in [1.165, 1.54) is 44.9 Å². The molecule has 1 spiro atoms. The van der Waals surface area contributed by atoms with Gasteiger partial charge < -0.3 is 13.9 Å². The van der Waals surface area contributed by atoms with Crippen LogP contribution in [0.1, 0.15) is 86.0 Å². The summed E-state index contributed by atoms with van der Waals surface area (Å²) < 4.78 is 19.5. The van der Waals surface area contributed by atoms with Gasteiger partial charge in [-0.15, -0.1) is 0 Å². The molecule has 0 unspecified atom stereocenters. The van der Waals surface area contributed by atoms with Crippen molar-refractivity contribution in [2.45, 2.75) is 116 Å². The van der Waals surface area contributed by atoms with E-state index in [0.717, 1.165) is 37.4 Å². The van der Waals surface area contributed by atoms with E-state index in [4.69, 9.17) is 13.9 Å². The zero-order valence-electron chi connectivity index (χ0n) is 21.2. The molecule has 6 atom stereocenters. The van der Waals surface area contributed by atoms with Gasteiger partial charge in [0.15, 0.2) is 14.1 Å². The number of fused-ring (bicyclic) bond motifs is 6. The Balaban J connectivity index is 1.35. The van der Waals surface area contributed by atoms with Crippen molar-refractivity contribution in [1.82, 2.24) is 0 Å². The highest BCUT2D eigenvalue weighted by Gasteiger charge is 2.66. The Hall–Kier alpha value is -0.163. The van der Waals surface area contributed by atoms with Crippen LogP contribution in [-0.4, -0.2) is 33.4 Å². The quantitative estimate of drug-likeness (QED) is 0.335. The first-order valence-corrected chi connectivity index (χ1v) is 16.0. The van der Waals surface area contributed by atoms with Gasteiger partial charge in [0.25, 0.3) is 0 Å². The Kier molecular flexibility index (Phi) is 5.23. The van der Waals surface area contributed by atoms with Crippen molar-refractivity contribution in [2.75, 3.05) is 13.2 Å². The van der Waals surface area contributed by atoms with Crippen LogP contribution in [0, 0.1) is 28.6 Å². The summed E-state index contributed by atoms with van der Waals surface area (Å²) in [5, 5.41) is 0.288. The SMILES string of the molecule is CC(C)(C)[Si](C)(C)O[C@H]1CC[C@@]2(C)C(=CC[C@@H]3[C@@H]2CC[C@@]2(C)[C@H]3CCC23OCCO3)C1. The van der Waals surface area contributed by atoms with E-state index in [9.17, 15) is 0 Å². The predicted molar refractivity (Wildman–Crippen MR) is 128 cm³/mol.